The summed E-state index contributed by atoms with van der Waals surface area (Å²) in [5, 5.41) is 0. The molecular formula is C23H32N2O3S. The largest absolute Gasteiger partial charge is 0.494 e. The van der Waals surface area contributed by atoms with Crippen LogP contribution in [-0.4, -0.2) is 58.0 Å². The molecule has 0 bridgehead atoms. The molecule has 0 N–H and O–H groups in total. The molecule has 2 atom stereocenters. The number of nitrogens with zero attached hydrogens (tertiary/aromatic N) is 2. The van der Waals surface area contributed by atoms with Gasteiger partial charge in [0, 0.05) is 25.3 Å². The second-order valence-corrected chi connectivity index (χ2v) is 10.2. The molecule has 3 aliphatic rings. The van der Waals surface area contributed by atoms with Crippen LogP contribution in [0.15, 0.2) is 24.3 Å². The van der Waals surface area contributed by atoms with Crippen molar-refractivity contribution in [1.82, 2.24) is 9.80 Å². The Labute approximate surface area is 178 Å². The molecule has 29 heavy (non-hydrogen) atoms. The monoisotopic (exact) mass is 416 g/mol. The van der Waals surface area contributed by atoms with Crippen molar-refractivity contribution in [2.45, 2.75) is 63.3 Å². The van der Waals surface area contributed by atoms with Crippen LogP contribution in [0.1, 0.15) is 51.5 Å². The highest BCUT2D eigenvalue weighted by Gasteiger charge is 2.53. The zero-order chi connectivity index (χ0) is 20.4. The number of likely N-dealkylation sites (tertiary alicyclic amines) is 1. The Bertz CT molecular complexity index is 745. The van der Waals surface area contributed by atoms with Crippen LogP contribution in [0.25, 0.3) is 0 Å². The van der Waals surface area contributed by atoms with Crippen LogP contribution in [0.3, 0.4) is 0 Å². The minimum absolute atomic E-state index is 0.154. The summed E-state index contributed by atoms with van der Waals surface area (Å²) in [6.07, 6.45) is 5.82. The molecule has 0 aromatic heterocycles. The van der Waals surface area contributed by atoms with Gasteiger partial charge in [-0.1, -0.05) is 12.1 Å². The van der Waals surface area contributed by atoms with Crippen molar-refractivity contribution in [2.75, 3.05) is 25.4 Å². The summed E-state index contributed by atoms with van der Waals surface area (Å²) in [4.78, 5) is 29.2. The first-order valence-corrected chi connectivity index (χ1v) is 12.0. The van der Waals surface area contributed by atoms with Crippen molar-refractivity contribution < 1.29 is 14.3 Å². The van der Waals surface area contributed by atoms with Crippen LogP contribution in [0.2, 0.25) is 0 Å². The van der Waals surface area contributed by atoms with E-state index in [1.54, 1.807) is 11.8 Å². The summed E-state index contributed by atoms with van der Waals surface area (Å²) in [6, 6.07) is 8.16. The number of thioether (sulfide) groups is 1. The third-order valence-electron chi connectivity index (χ3n) is 6.73. The van der Waals surface area contributed by atoms with E-state index in [4.69, 9.17) is 4.74 Å². The minimum Gasteiger partial charge on any atom is -0.494 e. The normalized spacial score (nSPS) is 27.4. The first-order valence-electron chi connectivity index (χ1n) is 11.0. The fraction of sp³-hybridized carbons (Fsp3) is 0.652. The lowest BCUT2D eigenvalue weighted by Gasteiger charge is -2.36. The van der Waals surface area contributed by atoms with Gasteiger partial charge in [-0.15, -0.1) is 11.8 Å². The van der Waals surface area contributed by atoms with Gasteiger partial charge in [0.25, 0.3) is 0 Å². The molecule has 0 saturated carbocycles. The van der Waals surface area contributed by atoms with E-state index in [-0.39, 0.29) is 22.7 Å². The van der Waals surface area contributed by atoms with E-state index in [0.717, 1.165) is 56.7 Å². The van der Waals surface area contributed by atoms with Crippen LogP contribution in [-0.2, 0) is 16.0 Å². The van der Waals surface area contributed by atoms with Crippen LogP contribution < -0.4 is 4.74 Å². The fourth-order valence-electron chi connectivity index (χ4n) is 4.95. The van der Waals surface area contributed by atoms with Gasteiger partial charge in [-0.2, -0.15) is 0 Å². The van der Waals surface area contributed by atoms with Crippen LogP contribution in [0.4, 0.5) is 0 Å². The number of fused-ring (bicyclic) bond motifs is 1. The van der Waals surface area contributed by atoms with Crippen molar-refractivity contribution in [2.24, 2.45) is 5.92 Å². The van der Waals surface area contributed by atoms with Gasteiger partial charge in [-0.05, 0) is 69.6 Å². The maximum atomic E-state index is 13.1. The van der Waals surface area contributed by atoms with Gasteiger partial charge in [0.15, 0.2) is 0 Å². The van der Waals surface area contributed by atoms with E-state index in [1.165, 1.54) is 5.56 Å². The van der Waals surface area contributed by atoms with E-state index >= 15 is 0 Å². The fourth-order valence-corrected chi connectivity index (χ4v) is 6.37. The van der Waals surface area contributed by atoms with Crippen molar-refractivity contribution in [3.63, 3.8) is 0 Å². The minimum atomic E-state index is -0.250. The predicted octanol–water partition coefficient (Wildman–Crippen LogP) is 3.71. The molecule has 3 heterocycles. The van der Waals surface area contributed by atoms with Crippen molar-refractivity contribution in [3.8, 4) is 5.75 Å². The number of hydrogen-bond acceptors (Lipinski definition) is 4. The Hall–Kier alpha value is -1.69. The average Bonchev–Trinajstić information content (AvgIpc) is 3.23. The number of ether oxygens (including phenoxy) is 1. The standard InChI is InChI=1S/C23H32N2O3S/c1-3-28-19-8-6-17(7-9-19)4-5-18-11-14-24(15-12-18)22(27)20-16-29-23(2)13-10-21(26)25(20)23/h6-9,18,20H,3-5,10-16H2,1-2H3/t20-,23-/m1/s1. The highest BCUT2D eigenvalue weighted by atomic mass is 32.2. The first-order chi connectivity index (χ1) is 14.0. The number of carbonyl (C=O) groups excluding carboxylic acids is 2. The van der Waals surface area contributed by atoms with Gasteiger partial charge in [0.05, 0.1) is 11.5 Å². The summed E-state index contributed by atoms with van der Waals surface area (Å²) in [6.45, 7) is 6.46. The smallest absolute Gasteiger partial charge is 0.246 e. The highest BCUT2D eigenvalue weighted by molar-refractivity contribution is 8.01. The SMILES string of the molecule is CCOc1ccc(CCC2CCN(C(=O)[C@H]3CS[C@]4(C)CCC(=O)N34)CC2)cc1. The number of piperidine rings is 1. The first kappa shape index (κ1) is 20.6. The van der Waals surface area contributed by atoms with E-state index in [2.05, 4.69) is 19.1 Å². The molecule has 3 saturated heterocycles. The molecule has 0 unspecified atom stereocenters. The van der Waals surface area contributed by atoms with E-state index in [0.29, 0.717) is 18.9 Å². The molecule has 1 aromatic rings. The zero-order valence-electron chi connectivity index (χ0n) is 17.6. The Balaban J connectivity index is 1.25. The molecule has 1 aromatic carbocycles. The zero-order valence-corrected chi connectivity index (χ0v) is 18.4. The molecule has 158 valence electrons. The number of rotatable bonds is 6. The summed E-state index contributed by atoms with van der Waals surface area (Å²) in [5.41, 5.74) is 1.35. The van der Waals surface area contributed by atoms with Gasteiger partial charge in [-0.3, -0.25) is 9.59 Å². The molecule has 2 amide bonds. The number of aryl methyl sites for hydroxylation is 1. The molecular weight excluding hydrogens is 384 g/mol. The van der Waals surface area contributed by atoms with Gasteiger partial charge in [0.1, 0.15) is 11.8 Å². The molecule has 0 spiro atoms. The second-order valence-electron chi connectivity index (χ2n) is 8.65. The van der Waals surface area contributed by atoms with Gasteiger partial charge in [-0.25, -0.2) is 0 Å². The predicted molar refractivity (Wildman–Crippen MR) is 116 cm³/mol. The number of hydrogen-bond donors (Lipinski definition) is 0. The Kier molecular flexibility index (Phi) is 6.09. The summed E-state index contributed by atoms with van der Waals surface area (Å²) < 4.78 is 5.51. The van der Waals surface area contributed by atoms with Crippen molar-refractivity contribution >= 4 is 23.6 Å². The Morgan fingerprint density at radius 3 is 2.66 bits per heavy atom. The lowest BCUT2D eigenvalue weighted by molar-refractivity contribution is -0.144. The lowest BCUT2D eigenvalue weighted by atomic mass is 9.90. The van der Waals surface area contributed by atoms with Gasteiger partial charge in [0.2, 0.25) is 11.8 Å². The van der Waals surface area contributed by atoms with E-state index in [1.807, 2.05) is 28.9 Å². The quantitative estimate of drug-likeness (QED) is 0.709. The Morgan fingerprint density at radius 1 is 1.24 bits per heavy atom. The third-order valence-corrected chi connectivity index (χ3v) is 8.24. The van der Waals surface area contributed by atoms with Gasteiger partial charge >= 0.3 is 0 Å². The maximum absolute atomic E-state index is 13.1. The molecule has 3 fully saturated rings. The third kappa shape index (κ3) is 4.27. The summed E-state index contributed by atoms with van der Waals surface area (Å²) >= 11 is 1.78. The van der Waals surface area contributed by atoms with Crippen LogP contribution in [0, 0.1) is 5.92 Å². The number of benzene rings is 1. The molecule has 0 aliphatic carbocycles. The van der Waals surface area contributed by atoms with E-state index < -0.39 is 0 Å². The molecule has 4 rings (SSSR count). The molecule has 6 heteroatoms. The van der Waals surface area contributed by atoms with Crippen LogP contribution in [0.5, 0.6) is 5.75 Å². The molecule has 5 nitrogen and oxygen atoms in total. The summed E-state index contributed by atoms with van der Waals surface area (Å²) in [5.74, 6) is 2.67. The lowest BCUT2D eigenvalue weighted by Crippen LogP contribution is -2.52. The van der Waals surface area contributed by atoms with Crippen molar-refractivity contribution in [3.05, 3.63) is 29.8 Å². The Morgan fingerprint density at radius 2 is 1.97 bits per heavy atom. The van der Waals surface area contributed by atoms with Gasteiger partial charge < -0.3 is 14.5 Å². The second kappa shape index (κ2) is 8.58. The maximum Gasteiger partial charge on any atom is 0.246 e. The highest BCUT2D eigenvalue weighted by Crippen LogP contribution is 2.47. The number of amides is 2. The number of carbonyl (C=O) groups is 2. The average molecular weight is 417 g/mol. The summed E-state index contributed by atoms with van der Waals surface area (Å²) in [7, 11) is 0. The van der Waals surface area contributed by atoms with Crippen molar-refractivity contribution in [1.29, 1.82) is 0 Å². The van der Waals surface area contributed by atoms with Crippen LogP contribution >= 0.6 is 11.8 Å². The topological polar surface area (TPSA) is 49.9 Å². The van der Waals surface area contributed by atoms with E-state index in [9.17, 15) is 9.59 Å². The molecule has 3 aliphatic heterocycles. The molecule has 0 radical (unpaired) electrons.